The number of benzene rings is 1. The molecule has 1 saturated heterocycles. The Morgan fingerprint density at radius 3 is 2.42 bits per heavy atom. The van der Waals surface area contributed by atoms with Gasteiger partial charge in [-0.15, -0.1) is 0 Å². The summed E-state index contributed by atoms with van der Waals surface area (Å²) in [5.41, 5.74) is 2.69. The number of hydrogen-bond acceptors (Lipinski definition) is 4. The molecule has 1 aromatic heterocycles. The first-order chi connectivity index (χ1) is 11.6. The van der Waals surface area contributed by atoms with E-state index >= 15 is 0 Å². The first-order valence-corrected chi connectivity index (χ1v) is 8.32. The van der Waals surface area contributed by atoms with Crippen molar-refractivity contribution < 1.29 is 4.79 Å². The molecule has 24 heavy (non-hydrogen) atoms. The Kier molecular flexibility index (Phi) is 5.11. The van der Waals surface area contributed by atoms with Gasteiger partial charge in [-0.1, -0.05) is 30.3 Å². The highest BCUT2D eigenvalue weighted by molar-refractivity contribution is 5.92. The number of aromatic nitrogens is 1. The number of anilines is 1. The van der Waals surface area contributed by atoms with Gasteiger partial charge in [-0.3, -0.25) is 4.79 Å². The van der Waals surface area contributed by atoms with Gasteiger partial charge in [0.15, 0.2) is 0 Å². The van der Waals surface area contributed by atoms with Crippen molar-refractivity contribution >= 4 is 11.6 Å². The minimum atomic E-state index is -0.0521. The SMILES string of the molecule is CN1CCN(c2ccc(C(=O)N(C)Cc3ccccc3)nc2)CC1. The molecule has 2 heterocycles. The first-order valence-electron chi connectivity index (χ1n) is 8.32. The number of likely N-dealkylation sites (N-methyl/N-ethyl adjacent to an activating group) is 1. The summed E-state index contributed by atoms with van der Waals surface area (Å²) in [6, 6.07) is 13.8. The second-order valence-electron chi connectivity index (χ2n) is 6.34. The zero-order chi connectivity index (χ0) is 16.9. The number of piperazine rings is 1. The molecule has 0 bridgehead atoms. The fraction of sp³-hybridized carbons (Fsp3) is 0.368. The third kappa shape index (κ3) is 3.92. The van der Waals surface area contributed by atoms with Gasteiger partial charge >= 0.3 is 0 Å². The molecule has 1 amide bonds. The topological polar surface area (TPSA) is 39.7 Å². The minimum absolute atomic E-state index is 0.0521. The largest absolute Gasteiger partial charge is 0.368 e. The average Bonchev–Trinajstić information content (AvgIpc) is 2.63. The summed E-state index contributed by atoms with van der Waals surface area (Å²) in [6.45, 7) is 4.70. The molecule has 0 atom stereocenters. The van der Waals surface area contributed by atoms with Crippen LogP contribution in [0.1, 0.15) is 16.1 Å². The van der Waals surface area contributed by atoms with Crippen molar-refractivity contribution in [3.8, 4) is 0 Å². The molecule has 1 fully saturated rings. The van der Waals surface area contributed by atoms with Crippen molar-refractivity contribution in [2.24, 2.45) is 0 Å². The molecular weight excluding hydrogens is 300 g/mol. The molecular formula is C19H24N4O. The number of amides is 1. The van der Waals surface area contributed by atoms with Gasteiger partial charge in [-0.05, 0) is 24.7 Å². The van der Waals surface area contributed by atoms with Crippen molar-refractivity contribution in [3.05, 3.63) is 59.9 Å². The van der Waals surface area contributed by atoms with Crippen LogP contribution in [0, 0.1) is 0 Å². The van der Waals surface area contributed by atoms with Crippen LogP contribution in [0.3, 0.4) is 0 Å². The van der Waals surface area contributed by atoms with Gasteiger partial charge in [0.1, 0.15) is 5.69 Å². The molecule has 1 aromatic carbocycles. The number of carbonyl (C=O) groups excluding carboxylic acids is 1. The molecule has 0 spiro atoms. The van der Waals surface area contributed by atoms with E-state index in [-0.39, 0.29) is 5.91 Å². The Balaban J connectivity index is 1.63. The molecule has 2 aromatic rings. The summed E-state index contributed by atoms with van der Waals surface area (Å²) >= 11 is 0. The van der Waals surface area contributed by atoms with Crippen LogP contribution >= 0.6 is 0 Å². The van der Waals surface area contributed by atoms with Gasteiger partial charge in [0.25, 0.3) is 5.91 Å². The molecule has 0 aliphatic carbocycles. The van der Waals surface area contributed by atoms with E-state index in [1.54, 1.807) is 4.90 Å². The summed E-state index contributed by atoms with van der Waals surface area (Å²) in [7, 11) is 3.95. The maximum absolute atomic E-state index is 12.5. The monoisotopic (exact) mass is 324 g/mol. The predicted octanol–water partition coefficient (Wildman–Crippen LogP) is 2.11. The molecule has 0 unspecified atom stereocenters. The van der Waals surface area contributed by atoms with Crippen molar-refractivity contribution in [2.75, 3.05) is 45.2 Å². The van der Waals surface area contributed by atoms with Crippen LogP contribution in [0.25, 0.3) is 0 Å². The molecule has 5 heteroatoms. The van der Waals surface area contributed by atoms with Gasteiger partial charge < -0.3 is 14.7 Å². The number of hydrogen-bond donors (Lipinski definition) is 0. The van der Waals surface area contributed by atoms with Crippen LogP contribution in [0.4, 0.5) is 5.69 Å². The maximum Gasteiger partial charge on any atom is 0.272 e. The summed E-state index contributed by atoms with van der Waals surface area (Å²) in [5.74, 6) is -0.0521. The number of carbonyl (C=O) groups is 1. The highest BCUT2D eigenvalue weighted by Crippen LogP contribution is 2.16. The second-order valence-corrected chi connectivity index (χ2v) is 6.34. The van der Waals surface area contributed by atoms with Crippen LogP contribution in [-0.4, -0.2) is 61.0 Å². The molecule has 0 saturated carbocycles. The van der Waals surface area contributed by atoms with Crippen molar-refractivity contribution in [2.45, 2.75) is 6.54 Å². The molecule has 126 valence electrons. The predicted molar refractivity (Wildman–Crippen MR) is 96.2 cm³/mol. The van der Waals surface area contributed by atoms with E-state index in [0.717, 1.165) is 37.4 Å². The van der Waals surface area contributed by atoms with E-state index < -0.39 is 0 Å². The van der Waals surface area contributed by atoms with Gasteiger partial charge in [0.05, 0.1) is 11.9 Å². The molecule has 3 rings (SSSR count). The lowest BCUT2D eigenvalue weighted by atomic mass is 10.2. The van der Waals surface area contributed by atoms with E-state index in [1.165, 1.54) is 0 Å². The zero-order valence-electron chi connectivity index (χ0n) is 14.4. The quantitative estimate of drug-likeness (QED) is 0.863. The summed E-state index contributed by atoms with van der Waals surface area (Å²) in [5, 5.41) is 0. The smallest absolute Gasteiger partial charge is 0.272 e. The van der Waals surface area contributed by atoms with E-state index in [2.05, 4.69) is 21.8 Å². The van der Waals surface area contributed by atoms with Crippen molar-refractivity contribution in [1.82, 2.24) is 14.8 Å². The number of nitrogens with zero attached hydrogens (tertiary/aromatic N) is 4. The second kappa shape index (κ2) is 7.45. The molecule has 0 radical (unpaired) electrons. The van der Waals surface area contributed by atoms with Crippen molar-refractivity contribution in [1.29, 1.82) is 0 Å². The highest BCUT2D eigenvalue weighted by Gasteiger charge is 2.17. The Bertz CT molecular complexity index is 664. The molecule has 5 nitrogen and oxygen atoms in total. The van der Waals surface area contributed by atoms with E-state index in [4.69, 9.17) is 0 Å². The molecule has 0 N–H and O–H groups in total. The Hall–Kier alpha value is -2.40. The summed E-state index contributed by atoms with van der Waals surface area (Å²) in [4.78, 5) is 23.2. The average molecular weight is 324 g/mol. The Morgan fingerprint density at radius 1 is 1.08 bits per heavy atom. The van der Waals surface area contributed by atoms with E-state index in [0.29, 0.717) is 12.2 Å². The Morgan fingerprint density at radius 2 is 1.79 bits per heavy atom. The number of rotatable bonds is 4. The van der Waals surface area contributed by atoms with Crippen LogP contribution in [0.15, 0.2) is 48.7 Å². The number of pyridine rings is 1. The lowest BCUT2D eigenvalue weighted by molar-refractivity contribution is 0.0779. The fourth-order valence-corrected chi connectivity index (χ4v) is 2.89. The first kappa shape index (κ1) is 16.5. The van der Waals surface area contributed by atoms with E-state index in [9.17, 15) is 4.79 Å². The fourth-order valence-electron chi connectivity index (χ4n) is 2.89. The van der Waals surface area contributed by atoms with Crippen molar-refractivity contribution in [3.63, 3.8) is 0 Å². The highest BCUT2D eigenvalue weighted by atomic mass is 16.2. The maximum atomic E-state index is 12.5. The van der Waals surface area contributed by atoms with Gasteiger partial charge in [-0.25, -0.2) is 4.98 Å². The van der Waals surface area contributed by atoms with Crippen LogP contribution < -0.4 is 4.90 Å². The minimum Gasteiger partial charge on any atom is -0.368 e. The van der Waals surface area contributed by atoms with Crippen LogP contribution in [-0.2, 0) is 6.54 Å². The third-order valence-corrected chi connectivity index (χ3v) is 4.44. The van der Waals surface area contributed by atoms with Gasteiger partial charge in [0, 0.05) is 39.8 Å². The molecule has 1 aliphatic heterocycles. The van der Waals surface area contributed by atoms with Gasteiger partial charge in [0.2, 0.25) is 0 Å². The third-order valence-electron chi connectivity index (χ3n) is 4.44. The Labute approximate surface area is 143 Å². The zero-order valence-corrected chi connectivity index (χ0v) is 14.4. The van der Waals surface area contributed by atoms with Gasteiger partial charge in [-0.2, -0.15) is 0 Å². The van der Waals surface area contributed by atoms with E-state index in [1.807, 2.05) is 55.7 Å². The normalized spacial score (nSPS) is 15.3. The lowest BCUT2D eigenvalue weighted by Crippen LogP contribution is -2.44. The summed E-state index contributed by atoms with van der Waals surface area (Å²) in [6.07, 6.45) is 1.81. The molecule has 1 aliphatic rings. The van der Waals surface area contributed by atoms with Crippen LogP contribution in [0.2, 0.25) is 0 Å². The summed E-state index contributed by atoms with van der Waals surface area (Å²) < 4.78 is 0. The lowest BCUT2D eigenvalue weighted by Gasteiger charge is -2.33. The standard InChI is InChI=1S/C19H24N4O/c1-21-10-12-23(13-11-21)17-8-9-18(20-14-17)19(24)22(2)15-16-6-4-3-5-7-16/h3-9,14H,10-13,15H2,1-2H3. The van der Waals surface area contributed by atoms with Crippen LogP contribution in [0.5, 0.6) is 0 Å².